The number of alkyl halides is 3. The first-order chi connectivity index (χ1) is 7.75. The maximum atomic E-state index is 12.5. The predicted molar refractivity (Wildman–Crippen MR) is 61.0 cm³/mol. The van der Waals surface area contributed by atoms with Crippen LogP contribution in [0.3, 0.4) is 0 Å². The van der Waals surface area contributed by atoms with Crippen LogP contribution in [0.2, 0.25) is 0 Å². The van der Waals surface area contributed by atoms with Gasteiger partial charge in [0.05, 0.1) is 11.7 Å². The zero-order valence-electron chi connectivity index (χ0n) is 9.07. The Hall–Kier alpha value is -0.720. The van der Waals surface area contributed by atoms with Crippen LogP contribution in [-0.4, -0.2) is 22.1 Å². The molecule has 1 aromatic rings. The summed E-state index contributed by atoms with van der Waals surface area (Å²) in [5, 5.41) is 19.0. The van der Waals surface area contributed by atoms with Crippen molar-refractivity contribution in [3.8, 4) is 0 Å². The summed E-state index contributed by atoms with van der Waals surface area (Å²) in [6.07, 6.45) is -7.03. The highest BCUT2D eigenvalue weighted by Crippen LogP contribution is 2.32. The molecule has 0 amide bonds. The number of aliphatic hydroxyl groups is 2. The van der Waals surface area contributed by atoms with Crippen molar-refractivity contribution in [2.45, 2.75) is 25.3 Å². The zero-order valence-corrected chi connectivity index (χ0v) is 9.96. The van der Waals surface area contributed by atoms with Gasteiger partial charge in [-0.3, -0.25) is 0 Å². The molecule has 0 aliphatic rings. The monoisotopic (exact) mass is 266 g/mol. The van der Waals surface area contributed by atoms with E-state index >= 15 is 0 Å². The lowest BCUT2D eigenvalue weighted by Gasteiger charge is -2.18. The van der Waals surface area contributed by atoms with Gasteiger partial charge in [0.15, 0.2) is 0 Å². The number of hydrogen-bond donors (Lipinski definition) is 3. The highest BCUT2D eigenvalue weighted by Gasteiger charge is 2.32. The fourth-order valence-electron chi connectivity index (χ4n) is 1.47. The minimum absolute atomic E-state index is 0.0313. The van der Waals surface area contributed by atoms with E-state index in [1.54, 1.807) is 0 Å². The molecule has 0 spiro atoms. The van der Waals surface area contributed by atoms with E-state index < -0.39 is 23.9 Å². The van der Waals surface area contributed by atoms with Crippen molar-refractivity contribution in [1.82, 2.24) is 0 Å². The van der Waals surface area contributed by atoms with Crippen molar-refractivity contribution in [3.05, 3.63) is 34.9 Å². The highest BCUT2D eigenvalue weighted by molar-refractivity contribution is 7.80. The van der Waals surface area contributed by atoms with Crippen LogP contribution in [-0.2, 0) is 6.18 Å². The van der Waals surface area contributed by atoms with Crippen molar-refractivity contribution in [1.29, 1.82) is 0 Å². The lowest BCUT2D eigenvalue weighted by molar-refractivity contribution is -0.137. The molecule has 1 rings (SSSR count). The topological polar surface area (TPSA) is 40.5 Å². The fourth-order valence-corrected chi connectivity index (χ4v) is 1.67. The number of aliphatic hydroxyl groups excluding tert-OH is 2. The van der Waals surface area contributed by atoms with Gasteiger partial charge in [-0.1, -0.05) is 11.6 Å². The molecule has 0 radical (unpaired) electrons. The first-order valence-electron chi connectivity index (χ1n) is 4.91. The predicted octanol–water partition coefficient (Wildman–Crippen LogP) is 2.34. The van der Waals surface area contributed by atoms with Crippen molar-refractivity contribution in [3.63, 3.8) is 0 Å². The third-order valence-electron chi connectivity index (χ3n) is 2.32. The van der Waals surface area contributed by atoms with E-state index in [2.05, 4.69) is 12.6 Å². The summed E-state index contributed by atoms with van der Waals surface area (Å²) in [4.78, 5) is 0. The van der Waals surface area contributed by atoms with Gasteiger partial charge >= 0.3 is 6.18 Å². The summed E-state index contributed by atoms with van der Waals surface area (Å²) in [6.45, 7) is 1.50. The molecule has 2 nitrogen and oxygen atoms in total. The van der Waals surface area contributed by atoms with Crippen molar-refractivity contribution in [2.75, 3.05) is 5.75 Å². The zero-order chi connectivity index (χ0) is 13.2. The van der Waals surface area contributed by atoms with Crippen LogP contribution in [0.5, 0.6) is 0 Å². The summed E-state index contributed by atoms with van der Waals surface area (Å²) in [7, 11) is 0. The van der Waals surface area contributed by atoms with Gasteiger partial charge in [-0.2, -0.15) is 25.8 Å². The van der Waals surface area contributed by atoms with Gasteiger partial charge in [-0.05, 0) is 24.6 Å². The quantitative estimate of drug-likeness (QED) is 0.735. The normalized spacial score (nSPS) is 15.7. The summed E-state index contributed by atoms with van der Waals surface area (Å²) < 4.78 is 37.6. The Bertz CT molecular complexity index is 393. The number of hydrogen-bond acceptors (Lipinski definition) is 3. The second-order valence-corrected chi connectivity index (χ2v) is 4.19. The molecule has 0 fully saturated rings. The first kappa shape index (κ1) is 14.3. The van der Waals surface area contributed by atoms with Gasteiger partial charge in [0.1, 0.15) is 6.10 Å². The largest absolute Gasteiger partial charge is 0.416 e. The second-order valence-electron chi connectivity index (χ2n) is 3.82. The molecule has 6 heteroatoms. The third kappa shape index (κ3) is 3.62. The van der Waals surface area contributed by atoms with Crippen LogP contribution >= 0.6 is 12.6 Å². The van der Waals surface area contributed by atoms with E-state index in [0.717, 1.165) is 12.1 Å². The number of rotatable bonds is 3. The summed E-state index contributed by atoms with van der Waals surface area (Å²) in [6, 6.07) is 3.24. The minimum Gasteiger partial charge on any atom is -0.389 e. The molecule has 96 valence electrons. The van der Waals surface area contributed by atoms with Gasteiger partial charge < -0.3 is 10.2 Å². The van der Waals surface area contributed by atoms with E-state index in [9.17, 15) is 23.4 Å². The Morgan fingerprint density at radius 3 is 2.29 bits per heavy atom. The molecular formula is C11H13F3O2S. The minimum atomic E-state index is -4.47. The summed E-state index contributed by atoms with van der Waals surface area (Å²) >= 11 is 3.78. The average Bonchev–Trinajstić information content (AvgIpc) is 2.25. The SMILES string of the molecule is Cc1cc(C(O)C(O)CS)cc(C(F)(F)F)c1. The van der Waals surface area contributed by atoms with Crippen LogP contribution < -0.4 is 0 Å². The number of benzene rings is 1. The highest BCUT2D eigenvalue weighted by atomic mass is 32.1. The lowest BCUT2D eigenvalue weighted by atomic mass is 9.99. The molecule has 1 aromatic carbocycles. The molecule has 2 N–H and O–H groups in total. The molecule has 0 aliphatic heterocycles. The van der Waals surface area contributed by atoms with Gasteiger partial charge in [-0.15, -0.1) is 0 Å². The second kappa shape index (κ2) is 5.29. The van der Waals surface area contributed by atoms with E-state index in [1.165, 1.54) is 13.0 Å². The van der Waals surface area contributed by atoms with Crippen LogP contribution in [0, 0.1) is 6.92 Å². The van der Waals surface area contributed by atoms with Gasteiger partial charge in [0.2, 0.25) is 0 Å². The Morgan fingerprint density at radius 1 is 1.24 bits per heavy atom. The molecule has 0 heterocycles. The number of aryl methyl sites for hydroxylation is 1. The fraction of sp³-hybridized carbons (Fsp3) is 0.455. The Morgan fingerprint density at radius 2 is 1.82 bits per heavy atom. The Labute approximate surface area is 102 Å². The van der Waals surface area contributed by atoms with Gasteiger partial charge in [0, 0.05) is 5.75 Å². The lowest BCUT2D eigenvalue weighted by Crippen LogP contribution is -2.20. The average molecular weight is 266 g/mol. The van der Waals surface area contributed by atoms with Crippen LogP contribution in [0.1, 0.15) is 22.8 Å². The summed E-state index contributed by atoms with van der Waals surface area (Å²) in [5.74, 6) is -0.0313. The van der Waals surface area contributed by atoms with E-state index in [-0.39, 0.29) is 11.3 Å². The molecule has 2 unspecified atom stereocenters. The van der Waals surface area contributed by atoms with E-state index in [0.29, 0.717) is 5.56 Å². The van der Waals surface area contributed by atoms with E-state index in [1.807, 2.05) is 0 Å². The van der Waals surface area contributed by atoms with Gasteiger partial charge in [0.25, 0.3) is 0 Å². The Kier molecular flexibility index (Phi) is 4.46. The summed E-state index contributed by atoms with van der Waals surface area (Å²) in [5.41, 5.74) is -0.419. The van der Waals surface area contributed by atoms with Crippen molar-refractivity contribution >= 4 is 12.6 Å². The molecule has 0 aliphatic carbocycles. The van der Waals surface area contributed by atoms with E-state index in [4.69, 9.17) is 0 Å². The smallest absolute Gasteiger partial charge is 0.389 e. The molecular weight excluding hydrogens is 253 g/mol. The standard InChI is InChI=1S/C11H13F3O2S/c1-6-2-7(10(16)9(15)5-17)4-8(3-6)11(12,13)14/h2-4,9-10,15-17H,5H2,1H3. The van der Waals surface area contributed by atoms with Crippen LogP contribution in [0.25, 0.3) is 0 Å². The maximum absolute atomic E-state index is 12.5. The van der Waals surface area contributed by atoms with Crippen LogP contribution in [0.15, 0.2) is 18.2 Å². The maximum Gasteiger partial charge on any atom is 0.416 e. The molecule has 0 saturated heterocycles. The van der Waals surface area contributed by atoms with Crippen molar-refractivity contribution in [2.24, 2.45) is 0 Å². The first-order valence-corrected chi connectivity index (χ1v) is 5.54. The number of thiol groups is 1. The number of halogens is 3. The van der Waals surface area contributed by atoms with Crippen molar-refractivity contribution < 1.29 is 23.4 Å². The van der Waals surface area contributed by atoms with Crippen LogP contribution in [0.4, 0.5) is 13.2 Å². The molecule has 0 bridgehead atoms. The molecule has 0 saturated carbocycles. The molecule has 0 aromatic heterocycles. The molecule has 2 atom stereocenters. The Balaban J connectivity index is 3.14. The molecule has 17 heavy (non-hydrogen) atoms. The third-order valence-corrected chi connectivity index (χ3v) is 2.69. The van der Waals surface area contributed by atoms with Gasteiger partial charge in [-0.25, -0.2) is 0 Å².